The molecule has 1 amide bonds. The molecule has 0 fully saturated rings. The minimum atomic E-state index is -0.952. The molecule has 1 unspecified atom stereocenters. The first kappa shape index (κ1) is 9.72. The molecule has 1 spiro atoms. The van der Waals surface area contributed by atoms with Crippen molar-refractivity contribution >= 4 is 23.7 Å². The van der Waals surface area contributed by atoms with Crippen LogP contribution in [0.15, 0.2) is 34.2 Å². The fraction of sp³-hybridized carbons (Fsp3) is 0.273. The lowest BCUT2D eigenvalue weighted by molar-refractivity contribution is -0.132. The van der Waals surface area contributed by atoms with Gasteiger partial charge in [-0.2, -0.15) is 4.99 Å². The Bertz CT molecular complexity index is 501. The molecule has 2 aliphatic heterocycles. The first-order chi connectivity index (χ1) is 7.72. The van der Waals surface area contributed by atoms with Gasteiger partial charge in [0.05, 0.1) is 0 Å². The largest absolute Gasteiger partial charge is 0.443 e. The molecular formula is C11H10N2O2S. The number of carbonyl (C=O) groups excluding carboxylic acids is 1. The molecule has 16 heavy (non-hydrogen) atoms. The van der Waals surface area contributed by atoms with E-state index in [0.717, 1.165) is 16.2 Å². The van der Waals surface area contributed by atoms with Crippen molar-refractivity contribution in [1.29, 1.82) is 0 Å². The maximum absolute atomic E-state index is 11.9. The number of ether oxygens (including phenoxy) is 1. The Hall–Kier alpha value is -1.49. The molecule has 0 saturated heterocycles. The van der Waals surface area contributed by atoms with Crippen molar-refractivity contribution in [2.45, 2.75) is 16.9 Å². The lowest BCUT2D eigenvalue weighted by Crippen LogP contribution is -2.38. The number of amidine groups is 1. The normalized spacial score (nSPS) is 27.5. The van der Waals surface area contributed by atoms with Crippen LogP contribution in [0.3, 0.4) is 0 Å². The van der Waals surface area contributed by atoms with Crippen LogP contribution < -0.4 is 5.73 Å². The number of thioether (sulfide) groups is 1. The zero-order valence-corrected chi connectivity index (χ0v) is 9.29. The summed E-state index contributed by atoms with van der Waals surface area (Å²) in [6.45, 7) is 0. The molecule has 3 rings (SSSR count). The molecule has 2 aliphatic rings. The van der Waals surface area contributed by atoms with Crippen LogP contribution in [0.4, 0.5) is 0 Å². The molecule has 0 aromatic heterocycles. The molecule has 1 atom stereocenters. The van der Waals surface area contributed by atoms with Crippen molar-refractivity contribution in [2.75, 3.05) is 5.75 Å². The van der Waals surface area contributed by atoms with Gasteiger partial charge >= 0.3 is 0 Å². The van der Waals surface area contributed by atoms with Gasteiger partial charge in [-0.15, -0.1) is 11.8 Å². The van der Waals surface area contributed by atoms with Gasteiger partial charge in [-0.1, -0.05) is 18.2 Å². The molecule has 1 aromatic carbocycles. The van der Waals surface area contributed by atoms with E-state index in [0.29, 0.717) is 6.42 Å². The van der Waals surface area contributed by atoms with E-state index in [9.17, 15) is 4.79 Å². The lowest BCUT2D eigenvalue weighted by Gasteiger charge is -2.31. The highest BCUT2D eigenvalue weighted by molar-refractivity contribution is 7.99. The van der Waals surface area contributed by atoms with Gasteiger partial charge in [-0.05, 0) is 6.07 Å². The van der Waals surface area contributed by atoms with E-state index < -0.39 is 5.60 Å². The van der Waals surface area contributed by atoms with Gasteiger partial charge < -0.3 is 10.5 Å². The van der Waals surface area contributed by atoms with Crippen LogP contribution in [0, 0.1) is 0 Å². The molecule has 5 heteroatoms. The van der Waals surface area contributed by atoms with E-state index in [1.165, 1.54) is 0 Å². The summed E-state index contributed by atoms with van der Waals surface area (Å²) in [6, 6.07) is 7.73. The Morgan fingerprint density at radius 3 is 3.00 bits per heavy atom. The standard InChI is InChI=1S/C11H10N2O2S/c12-10-13-9(14)11(15-10)5-6-16-8-4-2-1-3-7(8)11/h1-4H,5-6H2,(H2,12,13,14). The number of fused-ring (bicyclic) bond motifs is 2. The predicted molar refractivity (Wildman–Crippen MR) is 61.2 cm³/mol. The second-order valence-electron chi connectivity index (χ2n) is 3.78. The maximum atomic E-state index is 11.9. The second kappa shape index (κ2) is 3.25. The Kier molecular flexibility index (Phi) is 1.97. The van der Waals surface area contributed by atoms with Crippen molar-refractivity contribution < 1.29 is 9.53 Å². The van der Waals surface area contributed by atoms with Crippen LogP contribution >= 0.6 is 11.8 Å². The monoisotopic (exact) mass is 234 g/mol. The molecule has 2 N–H and O–H groups in total. The van der Waals surface area contributed by atoms with Gasteiger partial charge in [0, 0.05) is 22.6 Å². The summed E-state index contributed by atoms with van der Waals surface area (Å²) in [5, 5.41) is 0. The number of hydrogen-bond acceptors (Lipinski definition) is 4. The number of carbonyl (C=O) groups is 1. The van der Waals surface area contributed by atoms with Gasteiger partial charge in [-0.3, -0.25) is 4.79 Å². The average molecular weight is 234 g/mol. The zero-order valence-electron chi connectivity index (χ0n) is 8.47. The fourth-order valence-corrected chi connectivity index (χ4v) is 3.30. The summed E-state index contributed by atoms with van der Waals surface area (Å²) >= 11 is 1.73. The number of rotatable bonds is 0. The topological polar surface area (TPSA) is 64.7 Å². The lowest BCUT2D eigenvalue weighted by atomic mass is 9.90. The maximum Gasteiger partial charge on any atom is 0.299 e. The van der Waals surface area contributed by atoms with Gasteiger partial charge in [-0.25, -0.2) is 0 Å². The highest BCUT2D eigenvalue weighted by atomic mass is 32.2. The fourth-order valence-electron chi connectivity index (χ4n) is 2.13. The smallest absolute Gasteiger partial charge is 0.299 e. The molecule has 1 aromatic rings. The van der Waals surface area contributed by atoms with Crippen LogP contribution in [0.2, 0.25) is 0 Å². The van der Waals surface area contributed by atoms with E-state index in [4.69, 9.17) is 10.5 Å². The van der Waals surface area contributed by atoms with Crippen LogP contribution in [-0.4, -0.2) is 17.7 Å². The molecule has 0 bridgehead atoms. The number of benzene rings is 1. The van der Waals surface area contributed by atoms with Crippen molar-refractivity contribution in [2.24, 2.45) is 10.7 Å². The number of nitrogens with zero attached hydrogens (tertiary/aromatic N) is 1. The van der Waals surface area contributed by atoms with Gasteiger partial charge in [0.15, 0.2) is 0 Å². The van der Waals surface area contributed by atoms with Crippen molar-refractivity contribution in [3.8, 4) is 0 Å². The SMILES string of the molecule is NC1=NC(=O)C2(CCSc3ccccc32)O1. The summed E-state index contributed by atoms with van der Waals surface area (Å²) in [6.07, 6.45) is 0.623. The van der Waals surface area contributed by atoms with Crippen LogP contribution in [-0.2, 0) is 15.1 Å². The Morgan fingerprint density at radius 2 is 2.25 bits per heavy atom. The predicted octanol–water partition coefficient (Wildman–Crippen LogP) is 1.25. The average Bonchev–Trinajstić information content (AvgIpc) is 2.55. The first-order valence-electron chi connectivity index (χ1n) is 5.02. The Balaban J connectivity index is 2.15. The van der Waals surface area contributed by atoms with Gasteiger partial charge in [0.25, 0.3) is 11.9 Å². The van der Waals surface area contributed by atoms with E-state index in [1.807, 2.05) is 24.3 Å². The Morgan fingerprint density at radius 1 is 1.44 bits per heavy atom. The van der Waals surface area contributed by atoms with Crippen LogP contribution in [0.1, 0.15) is 12.0 Å². The zero-order chi connectivity index (χ0) is 11.2. The molecule has 2 heterocycles. The highest BCUT2D eigenvalue weighted by Crippen LogP contribution is 2.45. The first-order valence-corrected chi connectivity index (χ1v) is 6.01. The number of hydrogen-bond donors (Lipinski definition) is 1. The minimum absolute atomic E-state index is 0.0216. The number of amides is 1. The molecule has 82 valence electrons. The summed E-state index contributed by atoms with van der Waals surface area (Å²) < 4.78 is 5.49. The van der Waals surface area contributed by atoms with Crippen molar-refractivity contribution in [3.05, 3.63) is 29.8 Å². The quantitative estimate of drug-likeness (QED) is 0.733. The van der Waals surface area contributed by atoms with E-state index in [-0.39, 0.29) is 11.9 Å². The summed E-state index contributed by atoms with van der Waals surface area (Å²) in [5.41, 5.74) is 5.42. The summed E-state index contributed by atoms with van der Waals surface area (Å²) in [7, 11) is 0. The van der Waals surface area contributed by atoms with E-state index in [2.05, 4.69) is 4.99 Å². The number of aliphatic imine (C=N–C) groups is 1. The highest BCUT2D eigenvalue weighted by Gasteiger charge is 2.50. The molecule has 0 saturated carbocycles. The van der Waals surface area contributed by atoms with E-state index in [1.54, 1.807) is 11.8 Å². The second-order valence-corrected chi connectivity index (χ2v) is 4.92. The van der Waals surface area contributed by atoms with Crippen LogP contribution in [0.5, 0.6) is 0 Å². The number of nitrogens with two attached hydrogens (primary N) is 1. The molecule has 0 radical (unpaired) electrons. The molecular weight excluding hydrogens is 224 g/mol. The third kappa shape index (κ3) is 1.18. The van der Waals surface area contributed by atoms with Crippen molar-refractivity contribution in [1.82, 2.24) is 0 Å². The summed E-state index contributed by atoms with van der Waals surface area (Å²) in [4.78, 5) is 16.7. The van der Waals surface area contributed by atoms with E-state index >= 15 is 0 Å². The van der Waals surface area contributed by atoms with Gasteiger partial charge in [0.2, 0.25) is 5.60 Å². The Labute approximate surface area is 96.9 Å². The summed E-state index contributed by atoms with van der Waals surface area (Å²) in [5.74, 6) is 0.559. The third-order valence-electron chi connectivity index (χ3n) is 2.87. The molecule has 4 nitrogen and oxygen atoms in total. The molecule has 0 aliphatic carbocycles. The van der Waals surface area contributed by atoms with Gasteiger partial charge in [0.1, 0.15) is 0 Å². The van der Waals surface area contributed by atoms with Crippen LogP contribution in [0.25, 0.3) is 0 Å². The third-order valence-corrected chi connectivity index (χ3v) is 3.95. The minimum Gasteiger partial charge on any atom is -0.443 e. The van der Waals surface area contributed by atoms with Crippen molar-refractivity contribution in [3.63, 3.8) is 0 Å².